The molecule has 21 heavy (non-hydrogen) atoms. The molecule has 1 aromatic heterocycles. The summed E-state index contributed by atoms with van der Waals surface area (Å²) in [6, 6.07) is 6.87. The molecule has 2 aromatic rings. The number of nitrogens with one attached hydrogen (secondary N) is 2. The Bertz CT molecular complexity index is 725. The molecule has 1 aliphatic rings. The molecule has 112 valence electrons. The summed E-state index contributed by atoms with van der Waals surface area (Å²) in [5.41, 5.74) is 2.22. The van der Waals surface area contributed by atoms with Gasteiger partial charge in [-0.2, -0.15) is 5.10 Å². The highest BCUT2D eigenvalue weighted by atomic mass is 32.2. The number of sulfonamides is 1. The number of fused-ring (bicyclic) bond motifs is 1. The van der Waals surface area contributed by atoms with Crippen LogP contribution in [0.25, 0.3) is 0 Å². The number of hydrogen-bond acceptors (Lipinski definition) is 4. The fourth-order valence-electron chi connectivity index (χ4n) is 2.50. The van der Waals surface area contributed by atoms with Crippen LogP contribution in [0.15, 0.2) is 41.6 Å². The van der Waals surface area contributed by atoms with Crippen LogP contribution in [0.1, 0.15) is 18.1 Å². The Morgan fingerprint density at radius 1 is 1.38 bits per heavy atom. The maximum atomic E-state index is 12.4. The third-order valence-electron chi connectivity index (χ3n) is 3.50. The first-order valence-corrected chi connectivity index (χ1v) is 8.35. The van der Waals surface area contributed by atoms with Crippen molar-refractivity contribution in [1.82, 2.24) is 19.8 Å². The lowest BCUT2D eigenvalue weighted by Crippen LogP contribution is -2.35. The van der Waals surface area contributed by atoms with Gasteiger partial charge < -0.3 is 5.32 Å². The van der Waals surface area contributed by atoms with Crippen LogP contribution in [0.4, 0.5) is 0 Å². The van der Waals surface area contributed by atoms with E-state index >= 15 is 0 Å². The van der Waals surface area contributed by atoms with Gasteiger partial charge in [0.25, 0.3) is 0 Å². The number of hydrogen-bond donors (Lipinski definition) is 2. The minimum atomic E-state index is -3.50. The Labute approximate surface area is 124 Å². The van der Waals surface area contributed by atoms with Crippen molar-refractivity contribution >= 4 is 10.0 Å². The van der Waals surface area contributed by atoms with Gasteiger partial charge >= 0.3 is 0 Å². The van der Waals surface area contributed by atoms with Crippen LogP contribution in [0.3, 0.4) is 0 Å². The van der Waals surface area contributed by atoms with E-state index in [1.54, 1.807) is 23.0 Å². The molecule has 2 N–H and O–H groups in total. The largest absolute Gasteiger partial charge is 0.309 e. The number of aromatic nitrogens is 2. The van der Waals surface area contributed by atoms with Crippen LogP contribution in [0.2, 0.25) is 0 Å². The second kappa shape index (κ2) is 5.59. The van der Waals surface area contributed by atoms with Gasteiger partial charge in [0.2, 0.25) is 10.0 Å². The molecule has 2 heterocycles. The first-order chi connectivity index (χ1) is 10.0. The number of benzene rings is 1. The first-order valence-electron chi connectivity index (χ1n) is 6.87. The molecular weight excluding hydrogens is 288 g/mol. The summed E-state index contributed by atoms with van der Waals surface area (Å²) >= 11 is 0. The monoisotopic (exact) mass is 306 g/mol. The highest BCUT2D eigenvalue weighted by Gasteiger charge is 2.20. The minimum absolute atomic E-state index is 0.235. The van der Waals surface area contributed by atoms with Crippen LogP contribution in [0, 0.1) is 0 Å². The summed E-state index contributed by atoms with van der Waals surface area (Å²) in [4.78, 5) is 0.317. The Morgan fingerprint density at radius 3 is 2.95 bits per heavy atom. The van der Waals surface area contributed by atoms with Crippen LogP contribution < -0.4 is 10.0 Å². The molecule has 3 rings (SSSR count). The molecule has 1 unspecified atom stereocenters. The molecule has 0 radical (unpaired) electrons. The van der Waals surface area contributed by atoms with Crippen molar-refractivity contribution in [3.63, 3.8) is 0 Å². The Morgan fingerprint density at radius 2 is 2.19 bits per heavy atom. The Balaban J connectivity index is 1.74. The summed E-state index contributed by atoms with van der Waals surface area (Å²) in [5.74, 6) is 0. The molecule has 0 amide bonds. The van der Waals surface area contributed by atoms with E-state index in [1.807, 2.05) is 25.3 Å². The highest BCUT2D eigenvalue weighted by Crippen LogP contribution is 2.20. The van der Waals surface area contributed by atoms with E-state index < -0.39 is 10.0 Å². The molecule has 7 heteroatoms. The highest BCUT2D eigenvalue weighted by molar-refractivity contribution is 7.89. The van der Waals surface area contributed by atoms with Crippen LogP contribution in [-0.2, 0) is 29.7 Å². The molecule has 6 nitrogen and oxygen atoms in total. The van der Waals surface area contributed by atoms with E-state index in [2.05, 4.69) is 15.1 Å². The van der Waals surface area contributed by atoms with Gasteiger partial charge in [0.1, 0.15) is 0 Å². The molecule has 1 aromatic carbocycles. The molecule has 0 saturated carbocycles. The summed E-state index contributed by atoms with van der Waals surface area (Å²) in [6.07, 6.45) is 3.49. The Kier molecular flexibility index (Phi) is 3.79. The summed E-state index contributed by atoms with van der Waals surface area (Å²) in [6.45, 7) is 3.85. The van der Waals surface area contributed by atoms with Crippen LogP contribution in [0.5, 0.6) is 0 Å². The van der Waals surface area contributed by atoms with Gasteiger partial charge in [-0.3, -0.25) is 4.68 Å². The zero-order valence-electron chi connectivity index (χ0n) is 11.8. The minimum Gasteiger partial charge on any atom is -0.309 e. The van der Waals surface area contributed by atoms with E-state index in [9.17, 15) is 8.42 Å². The van der Waals surface area contributed by atoms with Crippen LogP contribution >= 0.6 is 0 Å². The lowest BCUT2D eigenvalue weighted by Gasteiger charge is -2.15. The van der Waals surface area contributed by atoms with Crippen molar-refractivity contribution < 1.29 is 8.42 Å². The molecule has 0 fully saturated rings. The Hall–Kier alpha value is -1.70. The smallest absolute Gasteiger partial charge is 0.240 e. The average molecular weight is 306 g/mol. The first kappa shape index (κ1) is 14.2. The normalized spacial score (nSPS) is 15.9. The average Bonchev–Trinajstić information content (AvgIpc) is 3.07. The van der Waals surface area contributed by atoms with Gasteiger partial charge in [-0.05, 0) is 36.2 Å². The lowest BCUT2D eigenvalue weighted by molar-refractivity contribution is 0.494. The van der Waals surface area contributed by atoms with Crippen molar-refractivity contribution in [2.24, 2.45) is 0 Å². The topological polar surface area (TPSA) is 76.0 Å². The third-order valence-corrected chi connectivity index (χ3v) is 5.08. The van der Waals surface area contributed by atoms with Gasteiger partial charge in [0, 0.05) is 31.5 Å². The SMILES string of the molecule is CC(Cn1cccn1)NS(=O)(=O)c1ccc2c(c1)CNC2. The second-order valence-corrected chi connectivity index (χ2v) is 7.00. The maximum absolute atomic E-state index is 12.4. The van der Waals surface area contributed by atoms with E-state index in [0.29, 0.717) is 11.4 Å². The zero-order valence-corrected chi connectivity index (χ0v) is 12.6. The molecule has 0 saturated heterocycles. The van der Waals surface area contributed by atoms with E-state index in [1.165, 1.54) is 5.56 Å². The number of rotatable bonds is 5. The summed E-state index contributed by atoms with van der Waals surface area (Å²) in [7, 11) is -3.50. The third kappa shape index (κ3) is 3.15. The second-order valence-electron chi connectivity index (χ2n) is 5.28. The van der Waals surface area contributed by atoms with Crippen molar-refractivity contribution in [3.8, 4) is 0 Å². The van der Waals surface area contributed by atoms with Gasteiger partial charge in [-0.1, -0.05) is 6.07 Å². The van der Waals surface area contributed by atoms with Crippen molar-refractivity contribution in [1.29, 1.82) is 0 Å². The predicted molar refractivity (Wildman–Crippen MR) is 79.0 cm³/mol. The molecule has 0 aliphatic carbocycles. The van der Waals surface area contributed by atoms with E-state index in [4.69, 9.17) is 0 Å². The maximum Gasteiger partial charge on any atom is 0.240 e. The summed E-state index contributed by atoms with van der Waals surface area (Å²) < 4.78 is 29.2. The number of nitrogens with zero attached hydrogens (tertiary/aromatic N) is 2. The van der Waals surface area contributed by atoms with Crippen molar-refractivity contribution in [2.75, 3.05) is 0 Å². The molecule has 1 atom stereocenters. The van der Waals surface area contributed by atoms with Gasteiger partial charge in [0.05, 0.1) is 11.4 Å². The van der Waals surface area contributed by atoms with Crippen molar-refractivity contribution in [3.05, 3.63) is 47.8 Å². The fourth-order valence-corrected chi connectivity index (χ4v) is 3.78. The quantitative estimate of drug-likeness (QED) is 0.859. The predicted octanol–water partition coefficient (Wildman–Crippen LogP) is 0.853. The van der Waals surface area contributed by atoms with Crippen LogP contribution in [-0.4, -0.2) is 24.2 Å². The molecule has 0 spiro atoms. The summed E-state index contributed by atoms with van der Waals surface area (Å²) in [5, 5.41) is 7.29. The van der Waals surface area contributed by atoms with Gasteiger partial charge in [-0.15, -0.1) is 0 Å². The molecule has 1 aliphatic heterocycles. The molecule has 0 bridgehead atoms. The van der Waals surface area contributed by atoms with E-state index in [0.717, 1.165) is 18.7 Å². The fraction of sp³-hybridized carbons (Fsp3) is 0.357. The van der Waals surface area contributed by atoms with Gasteiger partial charge in [-0.25, -0.2) is 13.1 Å². The van der Waals surface area contributed by atoms with E-state index in [-0.39, 0.29) is 6.04 Å². The van der Waals surface area contributed by atoms with Crippen molar-refractivity contribution in [2.45, 2.75) is 37.5 Å². The zero-order chi connectivity index (χ0) is 14.9. The van der Waals surface area contributed by atoms with Gasteiger partial charge in [0.15, 0.2) is 0 Å². The molecular formula is C14H18N4O2S. The lowest BCUT2D eigenvalue weighted by atomic mass is 10.1. The standard InChI is InChI=1S/C14H18N4O2S/c1-11(10-18-6-2-5-16-18)17-21(19,20)14-4-3-12-8-15-9-13(12)7-14/h2-7,11,15,17H,8-10H2,1H3.